The summed E-state index contributed by atoms with van der Waals surface area (Å²) in [5.41, 5.74) is 1.12. The van der Waals surface area contributed by atoms with Gasteiger partial charge in [-0.15, -0.1) is 0 Å². The van der Waals surface area contributed by atoms with E-state index >= 15 is 0 Å². The number of halogens is 1. The second-order valence-electron chi connectivity index (χ2n) is 4.07. The first-order valence-corrected chi connectivity index (χ1v) is 8.01. The molecule has 0 radical (unpaired) electrons. The van der Waals surface area contributed by atoms with E-state index in [1.165, 1.54) is 18.2 Å². The number of carbonyl (C=O) groups excluding carboxylic acids is 1. The quantitative estimate of drug-likeness (QED) is 0.629. The molecule has 0 fully saturated rings. The summed E-state index contributed by atoms with van der Waals surface area (Å²) >= 11 is 0. The van der Waals surface area contributed by atoms with Crippen LogP contribution in [0.4, 0.5) is 0 Å². The molecule has 0 heterocycles. The van der Waals surface area contributed by atoms with E-state index in [9.17, 15) is 13.2 Å². The maximum atomic E-state index is 11.3. The van der Waals surface area contributed by atoms with Crippen molar-refractivity contribution < 1.29 is 17.9 Å². The lowest BCUT2D eigenvalue weighted by Gasteiger charge is -2.08. The first-order chi connectivity index (χ1) is 9.49. The van der Waals surface area contributed by atoms with Crippen molar-refractivity contribution in [3.8, 4) is 5.75 Å². The molecule has 0 atom stereocenters. The van der Waals surface area contributed by atoms with Gasteiger partial charge in [0, 0.05) is 22.3 Å². The Morgan fingerprint density at radius 3 is 2.40 bits per heavy atom. The van der Waals surface area contributed by atoms with Gasteiger partial charge in [-0.3, -0.25) is 4.79 Å². The number of hydrogen-bond donors (Lipinski definition) is 0. The number of ether oxygens (including phenoxy) is 1. The fourth-order valence-electron chi connectivity index (χ4n) is 1.63. The van der Waals surface area contributed by atoms with Gasteiger partial charge in [-0.05, 0) is 17.7 Å². The zero-order chi connectivity index (χ0) is 14.6. The van der Waals surface area contributed by atoms with Crippen LogP contribution in [0.5, 0.6) is 5.75 Å². The predicted octanol–water partition coefficient (Wildman–Crippen LogP) is 3.01. The van der Waals surface area contributed by atoms with Crippen molar-refractivity contribution in [2.75, 3.05) is 0 Å². The maximum Gasteiger partial charge on any atom is 0.261 e. The maximum absolute atomic E-state index is 11.3. The summed E-state index contributed by atoms with van der Waals surface area (Å²) in [6, 6.07) is 13.3. The molecular formula is C14H11ClO4S. The molecule has 20 heavy (non-hydrogen) atoms. The molecule has 4 nitrogen and oxygen atoms in total. The average molecular weight is 311 g/mol. The number of benzene rings is 2. The van der Waals surface area contributed by atoms with Gasteiger partial charge in [-0.2, -0.15) is 0 Å². The van der Waals surface area contributed by atoms with Crippen LogP contribution < -0.4 is 4.74 Å². The Morgan fingerprint density at radius 1 is 1.10 bits per heavy atom. The molecule has 2 aromatic rings. The normalized spacial score (nSPS) is 11.1. The third kappa shape index (κ3) is 3.82. The van der Waals surface area contributed by atoms with Gasteiger partial charge in [0.15, 0.2) is 0 Å². The van der Waals surface area contributed by atoms with Gasteiger partial charge in [-0.1, -0.05) is 30.3 Å². The molecule has 2 rings (SSSR count). The molecule has 0 amide bonds. The van der Waals surface area contributed by atoms with Crippen molar-refractivity contribution in [3.63, 3.8) is 0 Å². The molecule has 0 aromatic heterocycles. The van der Waals surface area contributed by atoms with E-state index in [1.54, 1.807) is 0 Å². The lowest BCUT2D eigenvalue weighted by molar-refractivity contribution is 0.112. The van der Waals surface area contributed by atoms with Gasteiger partial charge >= 0.3 is 0 Å². The van der Waals surface area contributed by atoms with Gasteiger partial charge in [0.1, 0.15) is 18.6 Å². The first-order valence-electron chi connectivity index (χ1n) is 5.71. The summed E-state index contributed by atoms with van der Waals surface area (Å²) in [7, 11) is 1.37. The van der Waals surface area contributed by atoms with E-state index in [4.69, 9.17) is 15.4 Å². The Balaban J connectivity index is 2.25. The van der Waals surface area contributed by atoms with Gasteiger partial charge in [0.2, 0.25) is 0 Å². The van der Waals surface area contributed by atoms with Crippen LogP contribution in [-0.4, -0.2) is 14.7 Å². The van der Waals surface area contributed by atoms with Crippen molar-refractivity contribution >= 4 is 26.0 Å². The van der Waals surface area contributed by atoms with Gasteiger partial charge in [0.25, 0.3) is 9.05 Å². The third-order valence-electron chi connectivity index (χ3n) is 2.57. The van der Waals surface area contributed by atoms with Crippen LogP contribution in [0, 0.1) is 0 Å². The highest BCUT2D eigenvalue weighted by molar-refractivity contribution is 8.13. The summed E-state index contributed by atoms with van der Waals surface area (Å²) in [4.78, 5) is 10.7. The zero-order valence-corrected chi connectivity index (χ0v) is 11.9. The summed E-state index contributed by atoms with van der Waals surface area (Å²) in [6.45, 7) is 0.269. The van der Waals surface area contributed by atoms with Crippen molar-refractivity contribution in [2.45, 2.75) is 11.5 Å². The topological polar surface area (TPSA) is 60.4 Å². The second-order valence-corrected chi connectivity index (χ2v) is 6.63. The van der Waals surface area contributed by atoms with Crippen LogP contribution >= 0.6 is 10.7 Å². The van der Waals surface area contributed by atoms with Gasteiger partial charge in [-0.25, -0.2) is 8.42 Å². The number of hydrogen-bond acceptors (Lipinski definition) is 4. The Hall–Kier alpha value is -1.85. The van der Waals surface area contributed by atoms with E-state index in [1.807, 2.05) is 30.3 Å². The summed E-state index contributed by atoms with van der Waals surface area (Å²) < 4.78 is 28.1. The molecule has 0 bridgehead atoms. The third-order valence-corrected chi connectivity index (χ3v) is 3.90. The molecule has 0 aliphatic rings. The minimum absolute atomic E-state index is 0.160. The number of rotatable bonds is 5. The van der Waals surface area contributed by atoms with E-state index in [-0.39, 0.29) is 22.8 Å². The van der Waals surface area contributed by atoms with E-state index in [0.717, 1.165) is 5.56 Å². The van der Waals surface area contributed by atoms with Crippen LogP contribution in [0.1, 0.15) is 15.9 Å². The smallest absolute Gasteiger partial charge is 0.261 e. The van der Waals surface area contributed by atoms with Crippen LogP contribution in [0.25, 0.3) is 0 Å². The highest BCUT2D eigenvalue weighted by Gasteiger charge is 2.13. The Morgan fingerprint density at radius 2 is 1.80 bits per heavy atom. The average Bonchev–Trinajstić information content (AvgIpc) is 2.45. The molecule has 0 N–H and O–H groups in total. The van der Waals surface area contributed by atoms with Gasteiger partial charge < -0.3 is 4.74 Å². The fraction of sp³-hybridized carbons (Fsp3) is 0.0714. The van der Waals surface area contributed by atoms with Crippen LogP contribution in [-0.2, 0) is 15.7 Å². The molecule has 0 aliphatic heterocycles. The van der Waals surface area contributed by atoms with E-state index in [0.29, 0.717) is 6.29 Å². The highest BCUT2D eigenvalue weighted by atomic mass is 35.7. The first kappa shape index (κ1) is 14.6. The summed E-state index contributed by atoms with van der Waals surface area (Å²) in [5.74, 6) is 0.276. The molecule has 6 heteroatoms. The number of aldehydes is 1. The summed E-state index contributed by atoms with van der Waals surface area (Å²) in [6.07, 6.45) is 0.543. The van der Waals surface area contributed by atoms with Crippen LogP contribution in [0.2, 0.25) is 0 Å². The van der Waals surface area contributed by atoms with Crippen molar-refractivity contribution in [3.05, 3.63) is 59.7 Å². The summed E-state index contributed by atoms with van der Waals surface area (Å²) in [5, 5.41) is 0. The largest absolute Gasteiger partial charge is 0.489 e. The van der Waals surface area contributed by atoms with E-state index < -0.39 is 9.05 Å². The molecule has 0 saturated carbocycles. The fourth-order valence-corrected chi connectivity index (χ4v) is 2.43. The minimum Gasteiger partial charge on any atom is -0.489 e. The molecule has 0 saturated heterocycles. The molecule has 0 spiro atoms. The van der Waals surface area contributed by atoms with Crippen molar-refractivity contribution in [1.82, 2.24) is 0 Å². The van der Waals surface area contributed by atoms with Gasteiger partial charge in [0.05, 0.1) is 4.90 Å². The van der Waals surface area contributed by atoms with Crippen LogP contribution in [0.15, 0.2) is 53.4 Å². The second kappa shape index (κ2) is 6.07. The number of carbonyl (C=O) groups is 1. The Kier molecular flexibility index (Phi) is 4.42. The Bertz CT molecular complexity index is 711. The molecular weight excluding hydrogens is 300 g/mol. The Labute approximate surface area is 121 Å². The lowest BCUT2D eigenvalue weighted by atomic mass is 10.2. The molecule has 104 valence electrons. The van der Waals surface area contributed by atoms with E-state index in [2.05, 4.69) is 0 Å². The highest BCUT2D eigenvalue weighted by Crippen LogP contribution is 2.23. The van der Waals surface area contributed by atoms with Crippen LogP contribution in [0.3, 0.4) is 0 Å². The SMILES string of the molecule is O=Cc1cc(OCc2ccccc2)cc(S(=O)(=O)Cl)c1. The lowest BCUT2D eigenvalue weighted by Crippen LogP contribution is -1.99. The zero-order valence-electron chi connectivity index (χ0n) is 10.3. The minimum atomic E-state index is -3.91. The standard InChI is InChI=1S/C14H11ClO4S/c15-20(17,18)14-7-12(9-16)6-13(8-14)19-10-11-4-2-1-3-5-11/h1-9H,10H2. The molecule has 0 aliphatic carbocycles. The predicted molar refractivity (Wildman–Crippen MR) is 75.6 cm³/mol. The molecule has 2 aromatic carbocycles. The monoisotopic (exact) mass is 310 g/mol. The van der Waals surface area contributed by atoms with Crippen molar-refractivity contribution in [1.29, 1.82) is 0 Å². The van der Waals surface area contributed by atoms with Crippen molar-refractivity contribution in [2.24, 2.45) is 0 Å². The molecule has 0 unspecified atom stereocenters.